The molecule has 1 unspecified atom stereocenters. The third-order valence-corrected chi connectivity index (χ3v) is 6.93. The number of hydrogen-bond acceptors (Lipinski definition) is 4. The van der Waals surface area contributed by atoms with Crippen LogP contribution < -0.4 is 4.90 Å². The average Bonchev–Trinajstić information content (AvgIpc) is 2.87. The van der Waals surface area contributed by atoms with Crippen molar-refractivity contribution in [1.29, 1.82) is 0 Å². The molecule has 0 saturated carbocycles. The summed E-state index contributed by atoms with van der Waals surface area (Å²) in [5, 5.41) is 0. The van der Waals surface area contributed by atoms with Gasteiger partial charge in [0.1, 0.15) is 11.9 Å². The quantitative estimate of drug-likeness (QED) is 0.514. The molecule has 35 heavy (non-hydrogen) atoms. The summed E-state index contributed by atoms with van der Waals surface area (Å²) in [5.41, 5.74) is 2.23. The van der Waals surface area contributed by atoms with E-state index in [-0.39, 0.29) is 30.1 Å². The first-order chi connectivity index (χ1) is 16.9. The molecule has 2 amide bonds. The SMILES string of the molecule is CCN(CC)C(=O)Cc1ccc(N2CCN(C(C(=O)N(CC)CC)c3ccccc3)CC2)c(F)c1. The molecule has 190 valence electrons. The summed E-state index contributed by atoms with van der Waals surface area (Å²) in [6, 6.07) is 14.7. The van der Waals surface area contributed by atoms with E-state index in [1.54, 1.807) is 11.0 Å². The van der Waals surface area contributed by atoms with Gasteiger partial charge in [0.2, 0.25) is 11.8 Å². The molecule has 1 heterocycles. The highest BCUT2D eigenvalue weighted by molar-refractivity contribution is 5.83. The molecule has 0 spiro atoms. The van der Waals surface area contributed by atoms with Crippen LogP contribution in [0.1, 0.15) is 44.9 Å². The van der Waals surface area contributed by atoms with Crippen LogP contribution in [0, 0.1) is 5.82 Å². The number of carbonyl (C=O) groups excluding carboxylic acids is 2. The number of likely N-dealkylation sites (N-methyl/N-ethyl adjacent to an activating group) is 2. The van der Waals surface area contributed by atoms with Crippen LogP contribution in [0.2, 0.25) is 0 Å². The number of benzene rings is 2. The molecule has 1 aliphatic heterocycles. The summed E-state index contributed by atoms with van der Waals surface area (Å²) < 4.78 is 15.1. The summed E-state index contributed by atoms with van der Waals surface area (Å²) >= 11 is 0. The van der Waals surface area contributed by atoms with Gasteiger partial charge in [-0.1, -0.05) is 36.4 Å². The number of carbonyl (C=O) groups is 2. The monoisotopic (exact) mass is 482 g/mol. The third-order valence-electron chi connectivity index (χ3n) is 6.93. The van der Waals surface area contributed by atoms with Crippen LogP contribution in [-0.4, -0.2) is 78.9 Å². The zero-order valence-corrected chi connectivity index (χ0v) is 21.5. The second-order valence-electron chi connectivity index (χ2n) is 8.88. The third kappa shape index (κ3) is 6.40. The topological polar surface area (TPSA) is 47.1 Å². The minimum absolute atomic E-state index is 0.0144. The van der Waals surface area contributed by atoms with Crippen LogP contribution in [0.15, 0.2) is 48.5 Å². The van der Waals surface area contributed by atoms with Gasteiger partial charge in [0.05, 0.1) is 12.1 Å². The van der Waals surface area contributed by atoms with Gasteiger partial charge in [0, 0.05) is 52.4 Å². The van der Waals surface area contributed by atoms with Crippen LogP contribution in [-0.2, 0) is 16.0 Å². The standard InChI is InChI=1S/C28H39FN4O2/c1-5-30(6-2)26(34)21-22-14-15-25(24(29)20-22)32-16-18-33(19-17-32)27(23-12-10-9-11-13-23)28(35)31(7-3)8-4/h9-15,20,27H,5-8,16-19,21H2,1-4H3. The van der Waals surface area contributed by atoms with Crippen molar-refractivity contribution >= 4 is 17.5 Å². The highest BCUT2D eigenvalue weighted by atomic mass is 19.1. The molecule has 6 nitrogen and oxygen atoms in total. The molecule has 3 rings (SSSR count). The molecule has 0 bridgehead atoms. The van der Waals surface area contributed by atoms with Crippen molar-refractivity contribution in [2.75, 3.05) is 57.3 Å². The Kier molecular flexibility index (Phi) is 9.66. The van der Waals surface area contributed by atoms with E-state index in [0.29, 0.717) is 63.6 Å². The predicted molar refractivity (Wildman–Crippen MR) is 139 cm³/mol. The van der Waals surface area contributed by atoms with Crippen molar-refractivity contribution in [2.45, 2.75) is 40.2 Å². The molecule has 1 aliphatic rings. The number of piperazine rings is 1. The Hall–Kier alpha value is -2.93. The average molecular weight is 483 g/mol. The summed E-state index contributed by atoms with van der Waals surface area (Å²) in [6.07, 6.45) is 0.207. The molecule has 0 aliphatic carbocycles. The Bertz CT molecular complexity index is 968. The molecular weight excluding hydrogens is 443 g/mol. The van der Waals surface area contributed by atoms with Gasteiger partial charge in [-0.3, -0.25) is 14.5 Å². The predicted octanol–water partition coefficient (Wildman–Crippen LogP) is 3.97. The van der Waals surface area contributed by atoms with Crippen molar-refractivity contribution in [2.24, 2.45) is 0 Å². The molecule has 0 N–H and O–H groups in total. The summed E-state index contributed by atoms with van der Waals surface area (Å²) in [4.78, 5) is 33.7. The van der Waals surface area contributed by atoms with E-state index >= 15 is 4.39 Å². The van der Waals surface area contributed by atoms with Crippen molar-refractivity contribution in [3.63, 3.8) is 0 Å². The molecule has 0 radical (unpaired) electrons. The lowest BCUT2D eigenvalue weighted by atomic mass is 10.0. The highest BCUT2D eigenvalue weighted by Crippen LogP contribution is 2.28. The Labute approximate surface area is 209 Å². The number of halogens is 1. The maximum atomic E-state index is 15.1. The van der Waals surface area contributed by atoms with Gasteiger partial charge in [0.25, 0.3) is 0 Å². The van der Waals surface area contributed by atoms with Gasteiger partial charge in [0.15, 0.2) is 0 Å². The lowest BCUT2D eigenvalue weighted by Crippen LogP contribution is -2.52. The van der Waals surface area contributed by atoms with E-state index in [2.05, 4.69) is 4.90 Å². The lowest BCUT2D eigenvalue weighted by Gasteiger charge is -2.41. The first-order valence-electron chi connectivity index (χ1n) is 12.8. The fourth-order valence-electron chi connectivity index (χ4n) is 4.85. The van der Waals surface area contributed by atoms with Gasteiger partial charge in [-0.15, -0.1) is 0 Å². The minimum Gasteiger partial charge on any atom is -0.367 e. The van der Waals surface area contributed by atoms with E-state index in [1.165, 1.54) is 6.07 Å². The van der Waals surface area contributed by atoms with Gasteiger partial charge >= 0.3 is 0 Å². The van der Waals surface area contributed by atoms with Gasteiger partial charge < -0.3 is 14.7 Å². The fourth-order valence-corrected chi connectivity index (χ4v) is 4.85. The molecule has 0 aromatic heterocycles. The molecule has 2 aromatic carbocycles. The lowest BCUT2D eigenvalue weighted by molar-refractivity contribution is -0.137. The van der Waals surface area contributed by atoms with Crippen LogP contribution >= 0.6 is 0 Å². The van der Waals surface area contributed by atoms with Gasteiger partial charge in [-0.25, -0.2) is 4.39 Å². The largest absolute Gasteiger partial charge is 0.367 e. The Morgan fingerprint density at radius 1 is 0.857 bits per heavy atom. The molecule has 7 heteroatoms. The number of rotatable bonds is 10. The van der Waals surface area contributed by atoms with E-state index in [0.717, 1.165) is 5.56 Å². The molecular formula is C28H39FN4O2. The fraction of sp³-hybridized carbons (Fsp3) is 0.500. The number of nitrogens with zero attached hydrogens (tertiary/aromatic N) is 4. The maximum absolute atomic E-state index is 15.1. The van der Waals surface area contributed by atoms with Gasteiger partial charge in [-0.2, -0.15) is 0 Å². The molecule has 1 fully saturated rings. The van der Waals surface area contributed by atoms with E-state index < -0.39 is 0 Å². The zero-order chi connectivity index (χ0) is 25.4. The van der Waals surface area contributed by atoms with Crippen LogP contribution in [0.4, 0.5) is 10.1 Å². The first kappa shape index (κ1) is 26.7. The Morgan fingerprint density at radius 3 is 2.00 bits per heavy atom. The van der Waals surface area contributed by atoms with Crippen LogP contribution in [0.3, 0.4) is 0 Å². The highest BCUT2D eigenvalue weighted by Gasteiger charge is 2.33. The van der Waals surface area contributed by atoms with Crippen molar-refractivity contribution in [3.05, 3.63) is 65.5 Å². The number of hydrogen-bond donors (Lipinski definition) is 0. The zero-order valence-electron chi connectivity index (χ0n) is 21.5. The Morgan fingerprint density at radius 2 is 1.46 bits per heavy atom. The minimum atomic E-state index is -0.337. The number of anilines is 1. The first-order valence-corrected chi connectivity index (χ1v) is 12.8. The molecule has 1 saturated heterocycles. The van der Waals surface area contributed by atoms with E-state index in [4.69, 9.17) is 0 Å². The molecule has 2 aromatic rings. The second kappa shape index (κ2) is 12.7. The van der Waals surface area contributed by atoms with E-state index in [9.17, 15) is 9.59 Å². The summed E-state index contributed by atoms with van der Waals surface area (Å²) in [5.74, 6) is -0.175. The maximum Gasteiger partial charge on any atom is 0.244 e. The van der Waals surface area contributed by atoms with E-state index in [1.807, 2.05) is 73.9 Å². The Balaban J connectivity index is 1.71. The number of amides is 2. The van der Waals surface area contributed by atoms with Crippen LogP contribution in [0.25, 0.3) is 0 Å². The normalized spacial score (nSPS) is 15.1. The van der Waals surface area contributed by atoms with Crippen molar-refractivity contribution < 1.29 is 14.0 Å². The second-order valence-corrected chi connectivity index (χ2v) is 8.88. The van der Waals surface area contributed by atoms with Crippen molar-refractivity contribution in [3.8, 4) is 0 Å². The smallest absolute Gasteiger partial charge is 0.244 e. The summed E-state index contributed by atoms with van der Waals surface area (Å²) in [7, 11) is 0. The van der Waals surface area contributed by atoms with Crippen molar-refractivity contribution in [1.82, 2.24) is 14.7 Å². The van der Waals surface area contributed by atoms with Crippen LogP contribution in [0.5, 0.6) is 0 Å². The molecule has 1 atom stereocenters. The van der Waals surface area contributed by atoms with Gasteiger partial charge in [-0.05, 0) is 51.0 Å². The summed E-state index contributed by atoms with van der Waals surface area (Å²) in [6.45, 7) is 13.1.